The molecule has 3 aromatic rings. The number of fused-ring (bicyclic) bond motifs is 2. The molecule has 2 amide bonds. The van der Waals surface area contributed by atoms with Crippen LogP contribution < -0.4 is 16.0 Å². The van der Waals surface area contributed by atoms with Crippen LogP contribution >= 0.6 is 45.8 Å². The van der Waals surface area contributed by atoms with Gasteiger partial charge in [0, 0.05) is 26.2 Å². The van der Waals surface area contributed by atoms with E-state index in [0.717, 1.165) is 0 Å². The fourth-order valence-corrected chi connectivity index (χ4v) is 6.76. The Kier molecular flexibility index (Phi) is 7.45. The van der Waals surface area contributed by atoms with E-state index >= 15 is 4.39 Å². The van der Waals surface area contributed by atoms with Crippen molar-refractivity contribution >= 4 is 69.0 Å². The maximum Gasteiger partial charge on any atom is 0.242 e. The summed E-state index contributed by atoms with van der Waals surface area (Å²) in [6.45, 7) is 6.09. The Balaban J connectivity index is 1.73. The van der Waals surface area contributed by atoms with E-state index in [1.165, 1.54) is 18.2 Å². The summed E-state index contributed by atoms with van der Waals surface area (Å²) in [6, 6.07) is 12.4. The summed E-state index contributed by atoms with van der Waals surface area (Å²) in [6.07, 6.45) is 0.475. The van der Waals surface area contributed by atoms with Crippen LogP contribution in [0.1, 0.15) is 44.2 Å². The molecule has 0 aromatic heterocycles. The third kappa shape index (κ3) is 4.94. The molecule has 5 nitrogen and oxygen atoms in total. The second kappa shape index (κ2) is 10.3. The smallest absolute Gasteiger partial charge is 0.242 e. The van der Waals surface area contributed by atoms with Crippen LogP contribution in [0.5, 0.6) is 0 Å². The van der Waals surface area contributed by atoms with Gasteiger partial charge in [-0.25, -0.2) is 8.78 Å². The van der Waals surface area contributed by atoms with Gasteiger partial charge in [0.2, 0.25) is 11.8 Å². The van der Waals surface area contributed by atoms with E-state index in [1.54, 1.807) is 36.4 Å². The van der Waals surface area contributed by atoms with Crippen LogP contribution in [0.15, 0.2) is 54.6 Å². The summed E-state index contributed by atoms with van der Waals surface area (Å²) in [5.74, 6) is -3.29. The third-order valence-electron chi connectivity index (χ3n) is 7.41. The van der Waals surface area contributed by atoms with Crippen molar-refractivity contribution in [1.29, 1.82) is 0 Å². The zero-order valence-corrected chi connectivity index (χ0v) is 25.0. The Hall–Kier alpha value is -2.27. The summed E-state index contributed by atoms with van der Waals surface area (Å²) in [5.41, 5.74) is -0.433. The molecule has 2 heterocycles. The number of amides is 2. The van der Waals surface area contributed by atoms with Crippen molar-refractivity contribution < 1.29 is 18.4 Å². The summed E-state index contributed by atoms with van der Waals surface area (Å²) < 4.78 is 31.2. The SMILES string of the molecule is CC(C)(C)CC1NC(C(=O)Nc2ccc(I)cc2F)C(c2cccc(Cl)c2F)C12C(=O)Nc1cc(Cl)ccc12. The van der Waals surface area contributed by atoms with E-state index in [2.05, 4.69) is 16.0 Å². The number of anilines is 2. The van der Waals surface area contributed by atoms with Crippen molar-refractivity contribution in [1.82, 2.24) is 5.32 Å². The number of hydrogen-bond donors (Lipinski definition) is 3. The molecule has 5 rings (SSSR count). The second-order valence-electron chi connectivity index (χ2n) is 11.2. The van der Waals surface area contributed by atoms with Gasteiger partial charge in [0.05, 0.1) is 16.8 Å². The van der Waals surface area contributed by atoms with Crippen molar-refractivity contribution in [3.05, 3.63) is 91.0 Å². The highest BCUT2D eigenvalue weighted by Crippen LogP contribution is 2.57. The van der Waals surface area contributed by atoms with Crippen LogP contribution in [0.2, 0.25) is 10.0 Å². The number of hydrogen-bond acceptors (Lipinski definition) is 3. The first-order valence-corrected chi connectivity index (χ1v) is 14.2. The van der Waals surface area contributed by atoms with Crippen LogP contribution in [0.25, 0.3) is 0 Å². The minimum atomic E-state index is -1.38. The zero-order chi connectivity index (χ0) is 28.3. The molecule has 1 fully saturated rings. The highest BCUT2D eigenvalue weighted by Gasteiger charge is 2.66. The molecule has 4 atom stereocenters. The lowest BCUT2D eigenvalue weighted by atomic mass is 9.62. The number of carbonyl (C=O) groups excluding carboxylic acids is 2. The summed E-state index contributed by atoms with van der Waals surface area (Å²) in [4.78, 5) is 28.0. The zero-order valence-electron chi connectivity index (χ0n) is 21.3. The molecule has 2 aliphatic rings. The van der Waals surface area contributed by atoms with Gasteiger partial charge in [-0.05, 0) is 82.0 Å². The third-order valence-corrected chi connectivity index (χ3v) is 8.61. The monoisotopic (exact) mass is 683 g/mol. The molecule has 204 valence electrons. The first-order chi connectivity index (χ1) is 18.3. The molecule has 0 aliphatic carbocycles. The average molecular weight is 684 g/mol. The fourth-order valence-electron chi connectivity index (χ4n) is 5.95. The lowest BCUT2D eigenvalue weighted by molar-refractivity contribution is -0.122. The van der Waals surface area contributed by atoms with Crippen molar-refractivity contribution in [3.8, 4) is 0 Å². The molecule has 0 bridgehead atoms. The van der Waals surface area contributed by atoms with Crippen LogP contribution in [0.3, 0.4) is 0 Å². The van der Waals surface area contributed by atoms with Crippen molar-refractivity contribution in [2.75, 3.05) is 10.6 Å². The van der Waals surface area contributed by atoms with Crippen LogP contribution in [-0.4, -0.2) is 23.9 Å². The first kappa shape index (κ1) is 28.3. The van der Waals surface area contributed by atoms with Crippen molar-refractivity contribution in [2.45, 2.75) is 50.6 Å². The lowest BCUT2D eigenvalue weighted by Crippen LogP contribution is -2.49. The molecule has 2 aliphatic heterocycles. The van der Waals surface area contributed by atoms with Gasteiger partial charge in [-0.3, -0.25) is 9.59 Å². The summed E-state index contributed by atoms with van der Waals surface area (Å²) in [7, 11) is 0. The number of nitrogens with one attached hydrogen (secondary N) is 3. The van der Waals surface area contributed by atoms with Crippen LogP contribution in [0, 0.1) is 20.6 Å². The van der Waals surface area contributed by atoms with E-state index < -0.39 is 41.0 Å². The Morgan fingerprint density at radius 3 is 2.54 bits per heavy atom. The van der Waals surface area contributed by atoms with Crippen LogP contribution in [0.4, 0.5) is 20.2 Å². The van der Waals surface area contributed by atoms with Gasteiger partial charge in [-0.2, -0.15) is 0 Å². The molecule has 3 N–H and O–H groups in total. The predicted molar refractivity (Wildman–Crippen MR) is 158 cm³/mol. The maximum atomic E-state index is 15.8. The number of benzene rings is 3. The summed E-state index contributed by atoms with van der Waals surface area (Å²) in [5, 5.41) is 9.27. The van der Waals surface area contributed by atoms with Gasteiger partial charge in [0.1, 0.15) is 17.0 Å². The first-order valence-electron chi connectivity index (χ1n) is 12.4. The van der Waals surface area contributed by atoms with Gasteiger partial charge in [0.15, 0.2) is 0 Å². The maximum absolute atomic E-state index is 15.8. The lowest BCUT2D eigenvalue weighted by Gasteiger charge is -2.37. The van der Waals surface area contributed by atoms with E-state index in [-0.39, 0.29) is 27.6 Å². The molecule has 1 saturated heterocycles. The Bertz CT molecular complexity index is 1500. The Morgan fingerprint density at radius 1 is 1.10 bits per heavy atom. The number of rotatable bonds is 4. The average Bonchev–Trinajstić information content (AvgIpc) is 3.31. The topological polar surface area (TPSA) is 70.2 Å². The molecule has 3 aromatic carbocycles. The highest BCUT2D eigenvalue weighted by molar-refractivity contribution is 14.1. The normalized spacial score (nSPS) is 24.1. The molecule has 10 heteroatoms. The standard InChI is InChI=1S/C29H26Cl2F2IN3O2/c1-28(2,3)13-22-29(17-9-7-14(30)11-21(17)36-27(29)39)23(16-5-4-6-18(31)24(16)33)25(37-22)26(38)35-20-10-8-15(34)12-19(20)32/h4-12,22-23,25,37H,13H2,1-3H3,(H,35,38)(H,36,39). The van der Waals surface area contributed by atoms with Gasteiger partial charge in [-0.15, -0.1) is 0 Å². The quantitative estimate of drug-likeness (QED) is 0.254. The van der Waals surface area contributed by atoms with E-state index in [1.807, 2.05) is 43.4 Å². The molecule has 1 spiro atoms. The molecular weight excluding hydrogens is 658 g/mol. The molecule has 0 saturated carbocycles. The molecule has 39 heavy (non-hydrogen) atoms. The number of carbonyl (C=O) groups is 2. The summed E-state index contributed by atoms with van der Waals surface area (Å²) >= 11 is 14.5. The predicted octanol–water partition coefficient (Wildman–Crippen LogP) is 7.27. The highest BCUT2D eigenvalue weighted by atomic mass is 127. The van der Waals surface area contributed by atoms with E-state index in [9.17, 15) is 14.0 Å². The largest absolute Gasteiger partial charge is 0.325 e. The minimum Gasteiger partial charge on any atom is -0.325 e. The van der Waals surface area contributed by atoms with Crippen LogP contribution in [-0.2, 0) is 15.0 Å². The minimum absolute atomic E-state index is 0.0103. The van der Waals surface area contributed by atoms with Crippen molar-refractivity contribution in [2.24, 2.45) is 5.41 Å². The molecular formula is C29H26Cl2F2IN3O2. The van der Waals surface area contributed by atoms with Gasteiger partial charge >= 0.3 is 0 Å². The number of halogens is 5. The van der Waals surface area contributed by atoms with Gasteiger partial charge in [-0.1, -0.05) is 62.2 Å². The Morgan fingerprint density at radius 2 is 1.85 bits per heavy atom. The van der Waals surface area contributed by atoms with E-state index in [4.69, 9.17) is 23.2 Å². The van der Waals surface area contributed by atoms with Crippen molar-refractivity contribution in [3.63, 3.8) is 0 Å². The van der Waals surface area contributed by atoms with Gasteiger partial charge in [0.25, 0.3) is 0 Å². The second-order valence-corrected chi connectivity index (χ2v) is 13.3. The molecule has 4 unspecified atom stereocenters. The Labute approximate surface area is 249 Å². The molecule has 0 radical (unpaired) electrons. The van der Waals surface area contributed by atoms with E-state index in [0.29, 0.717) is 26.3 Å². The fraction of sp³-hybridized carbons (Fsp3) is 0.310. The van der Waals surface area contributed by atoms with Gasteiger partial charge < -0.3 is 16.0 Å².